The first kappa shape index (κ1) is 19.5. The number of amides is 1. The summed E-state index contributed by atoms with van der Waals surface area (Å²) in [7, 11) is 0. The smallest absolute Gasteiger partial charge is 0.210 e. The number of aromatic nitrogens is 2. The number of carbonyl (C=O) groups is 1. The number of nitrogens with zero attached hydrogens (tertiary/aromatic N) is 5. The molecule has 2 saturated heterocycles. The van der Waals surface area contributed by atoms with Crippen molar-refractivity contribution in [2.75, 3.05) is 44.2 Å². The van der Waals surface area contributed by atoms with Crippen LogP contribution in [0.3, 0.4) is 0 Å². The molecule has 0 spiro atoms. The molecule has 5 rings (SSSR count). The standard InChI is InChI=1S/C24H31N5O/c30-18-29-12-2-1-3-23(29)21-8-6-20(7-9-21)22-10-11-24(26-25-22)28-15-13-27(14-16-28)17-19-4-5-19/h6-11,18-19,23H,1-5,12-17H2. The summed E-state index contributed by atoms with van der Waals surface area (Å²) in [6.07, 6.45) is 7.16. The molecule has 6 heteroatoms. The number of piperidine rings is 1. The SMILES string of the molecule is O=CN1CCCCC1c1ccc(-c2ccc(N3CCN(CC4CC4)CC3)nn2)cc1. The monoisotopic (exact) mass is 405 g/mol. The highest BCUT2D eigenvalue weighted by Crippen LogP contribution is 2.31. The van der Waals surface area contributed by atoms with E-state index in [-0.39, 0.29) is 6.04 Å². The fraction of sp³-hybridized carbons (Fsp3) is 0.542. The van der Waals surface area contributed by atoms with Crippen molar-refractivity contribution >= 4 is 12.2 Å². The van der Waals surface area contributed by atoms with Gasteiger partial charge in [0.05, 0.1) is 11.7 Å². The van der Waals surface area contributed by atoms with Gasteiger partial charge in [0, 0.05) is 44.8 Å². The van der Waals surface area contributed by atoms with E-state index in [0.717, 1.165) is 75.0 Å². The molecule has 6 nitrogen and oxygen atoms in total. The minimum atomic E-state index is 0.206. The topological polar surface area (TPSA) is 52.6 Å². The molecule has 0 N–H and O–H groups in total. The maximum atomic E-state index is 11.4. The van der Waals surface area contributed by atoms with E-state index in [1.54, 1.807) is 0 Å². The Kier molecular flexibility index (Phi) is 5.67. The lowest BCUT2D eigenvalue weighted by Gasteiger charge is -2.35. The second-order valence-corrected chi connectivity index (χ2v) is 8.98. The number of likely N-dealkylation sites (tertiary alicyclic amines) is 1. The minimum absolute atomic E-state index is 0.206. The van der Waals surface area contributed by atoms with E-state index in [1.165, 1.54) is 31.4 Å². The van der Waals surface area contributed by atoms with Gasteiger partial charge in [-0.2, -0.15) is 0 Å². The van der Waals surface area contributed by atoms with Crippen LogP contribution in [0.2, 0.25) is 0 Å². The third-order valence-corrected chi connectivity index (χ3v) is 6.83. The van der Waals surface area contributed by atoms with Gasteiger partial charge in [0.1, 0.15) is 0 Å². The number of benzene rings is 1. The Bertz CT molecular complexity index is 841. The van der Waals surface area contributed by atoms with Crippen LogP contribution in [-0.4, -0.2) is 65.7 Å². The Hall–Kier alpha value is -2.47. The average Bonchev–Trinajstić information content (AvgIpc) is 3.64. The van der Waals surface area contributed by atoms with Gasteiger partial charge in [-0.3, -0.25) is 9.69 Å². The fourth-order valence-corrected chi connectivity index (χ4v) is 4.79. The summed E-state index contributed by atoms with van der Waals surface area (Å²) in [5, 5.41) is 9.02. The van der Waals surface area contributed by atoms with E-state index in [4.69, 9.17) is 0 Å². The first-order chi connectivity index (χ1) is 14.8. The second kappa shape index (κ2) is 8.72. The van der Waals surface area contributed by atoms with E-state index in [0.29, 0.717) is 0 Å². The molecule has 0 bridgehead atoms. The molecule has 158 valence electrons. The van der Waals surface area contributed by atoms with Crippen molar-refractivity contribution in [1.29, 1.82) is 0 Å². The van der Waals surface area contributed by atoms with Crippen LogP contribution in [0, 0.1) is 5.92 Å². The summed E-state index contributed by atoms with van der Waals surface area (Å²) in [4.78, 5) is 18.2. The van der Waals surface area contributed by atoms with Crippen molar-refractivity contribution in [3.63, 3.8) is 0 Å². The highest BCUT2D eigenvalue weighted by Gasteiger charge is 2.27. The Balaban J connectivity index is 1.21. The van der Waals surface area contributed by atoms with Gasteiger partial charge in [0.15, 0.2) is 5.82 Å². The Labute approximate surface area is 178 Å². The quantitative estimate of drug-likeness (QED) is 0.690. The highest BCUT2D eigenvalue weighted by atomic mass is 16.1. The Morgan fingerprint density at radius 2 is 1.67 bits per heavy atom. The van der Waals surface area contributed by atoms with E-state index in [2.05, 4.69) is 56.4 Å². The number of piperazine rings is 1. The minimum Gasteiger partial charge on any atom is -0.353 e. The summed E-state index contributed by atoms with van der Waals surface area (Å²) in [6, 6.07) is 12.9. The lowest BCUT2D eigenvalue weighted by molar-refractivity contribution is -0.121. The highest BCUT2D eigenvalue weighted by molar-refractivity contribution is 5.60. The number of carbonyl (C=O) groups excluding carboxylic acids is 1. The van der Waals surface area contributed by atoms with E-state index in [1.807, 2.05) is 4.90 Å². The van der Waals surface area contributed by atoms with E-state index < -0.39 is 0 Å². The molecule has 2 aromatic rings. The van der Waals surface area contributed by atoms with Gasteiger partial charge in [-0.25, -0.2) is 0 Å². The number of hydrogen-bond donors (Lipinski definition) is 0. The van der Waals surface area contributed by atoms with Gasteiger partial charge in [0.25, 0.3) is 0 Å². The van der Waals surface area contributed by atoms with Crippen molar-refractivity contribution in [3.8, 4) is 11.3 Å². The van der Waals surface area contributed by atoms with Gasteiger partial charge < -0.3 is 9.80 Å². The normalized spacial score (nSPS) is 22.9. The predicted molar refractivity (Wildman–Crippen MR) is 118 cm³/mol. The van der Waals surface area contributed by atoms with Crippen LogP contribution in [0.1, 0.15) is 43.7 Å². The largest absolute Gasteiger partial charge is 0.353 e. The molecule has 1 aliphatic carbocycles. The molecule has 30 heavy (non-hydrogen) atoms. The first-order valence-corrected chi connectivity index (χ1v) is 11.4. The molecule has 3 fully saturated rings. The molecule has 3 aliphatic rings. The van der Waals surface area contributed by atoms with Crippen LogP contribution in [-0.2, 0) is 4.79 Å². The van der Waals surface area contributed by atoms with Gasteiger partial charge in [-0.15, -0.1) is 10.2 Å². The van der Waals surface area contributed by atoms with Crippen molar-refractivity contribution in [2.24, 2.45) is 5.92 Å². The van der Waals surface area contributed by atoms with Crippen LogP contribution < -0.4 is 4.90 Å². The maximum Gasteiger partial charge on any atom is 0.210 e. The van der Waals surface area contributed by atoms with Gasteiger partial charge >= 0.3 is 0 Å². The van der Waals surface area contributed by atoms with E-state index in [9.17, 15) is 4.79 Å². The zero-order valence-electron chi connectivity index (χ0n) is 17.6. The molecule has 1 saturated carbocycles. The number of anilines is 1. The molecular weight excluding hydrogens is 374 g/mol. The van der Waals surface area contributed by atoms with Crippen molar-refractivity contribution < 1.29 is 4.79 Å². The molecule has 3 heterocycles. The molecule has 1 unspecified atom stereocenters. The molecule has 1 aromatic heterocycles. The summed E-state index contributed by atoms with van der Waals surface area (Å²) < 4.78 is 0. The van der Waals surface area contributed by atoms with E-state index >= 15 is 0 Å². The zero-order chi connectivity index (χ0) is 20.3. The van der Waals surface area contributed by atoms with Crippen molar-refractivity contribution in [3.05, 3.63) is 42.0 Å². The third-order valence-electron chi connectivity index (χ3n) is 6.83. The van der Waals surface area contributed by atoms with Crippen molar-refractivity contribution in [1.82, 2.24) is 20.0 Å². The van der Waals surface area contributed by atoms with Crippen LogP contribution in [0.15, 0.2) is 36.4 Å². The van der Waals surface area contributed by atoms with Gasteiger partial charge in [-0.1, -0.05) is 24.3 Å². The summed E-state index contributed by atoms with van der Waals surface area (Å²) in [5.41, 5.74) is 3.17. The van der Waals surface area contributed by atoms with Crippen LogP contribution >= 0.6 is 0 Å². The Morgan fingerprint density at radius 3 is 2.33 bits per heavy atom. The lowest BCUT2D eigenvalue weighted by atomic mass is 9.95. The van der Waals surface area contributed by atoms with Crippen LogP contribution in [0.4, 0.5) is 5.82 Å². The fourth-order valence-electron chi connectivity index (χ4n) is 4.79. The zero-order valence-corrected chi connectivity index (χ0v) is 17.6. The van der Waals surface area contributed by atoms with Gasteiger partial charge in [-0.05, 0) is 55.7 Å². The molecular formula is C24H31N5O. The number of hydrogen-bond acceptors (Lipinski definition) is 5. The Morgan fingerprint density at radius 1 is 0.867 bits per heavy atom. The molecule has 2 aliphatic heterocycles. The van der Waals surface area contributed by atoms with Crippen molar-refractivity contribution in [2.45, 2.75) is 38.1 Å². The molecule has 1 aromatic carbocycles. The number of rotatable bonds is 6. The van der Waals surface area contributed by atoms with Crippen LogP contribution in [0.25, 0.3) is 11.3 Å². The summed E-state index contributed by atoms with van der Waals surface area (Å²) in [6.45, 7) is 6.45. The maximum absolute atomic E-state index is 11.4. The molecule has 0 radical (unpaired) electrons. The van der Waals surface area contributed by atoms with Gasteiger partial charge in [0.2, 0.25) is 6.41 Å². The molecule has 1 atom stereocenters. The predicted octanol–water partition coefficient (Wildman–Crippen LogP) is 3.36. The first-order valence-electron chi connectivity index (χ1n) is 11.4. The summed E-state index contributed by atoms with van der Waals surface area (Å²) >= 11 is 0. The molecule has 1 amide bonds. The third kappa shape index (κ3) is 4.33. The second-order valence-electron chi connectivity index (χ2n) is 8.98. The lowest BCUT2D eigenvalue weighted by Crippen LogP contribution is -2.47. The average molecular weight is 406 g/mol. The summed E-state index contributed by atoms with van der Waals surface area (Å²) in [5.74, 6) is 1.94. The van der Waals surface area contributed by atoms with Crippen LogP contribution in [0.5, 0.6) is 0 Å².